The highest BCUT2D eigenvalue weighted by atomic mass is 35.5. The topological polar surface area (TPSA) is 49.6 Å². The maximum atomic E-state index is 9.88. The van der Waals surface area contributed by atoms with E-state index in [2.05, 4.69) is 10.3 Å². The largest absolute Gasteiger partial charge is 0.494 e. The summed E-state index contributed by atoms with van der Waals surface area (Å²) in [4.78, 5) is 4.34. The molecule has 1 atom stereocenters. The average molecular weight is 252 g/mol. The number of hydrogen-bond acceptors (Lipinski definition) is 3. The lowest BCUT2D eigenvalue weighted by molar-refractivity contribution is 0.440. The Hall–Kier alpha value is -1.26. The smallest absolute Gasteiger partial charge is 0.197 e. The zero-order chi connectivity index (χ0) is 11.8. The third-order valence-corrected chi connectivity index (χ3v) is 3.54. The second kappa shape index (κ2) is 4.20. The van der Waals surface area contributed by atoms with Crippen molar-refractivity contribution >= 4 is 17.1 Å². The minimum absolute atomic E-state index is 0.190. The van der Waals surface area contributed by atoms with E-state index in [0.29, 0.717) is 11.2 Å². The fourth-order valence-corrected chi connectivity index (χ4v) is 2.68. The monoisotopic (exact) mass is 251 g/mol. The Labute approximate surface area is 104 Å². The SMILES string of the molecule is Oc1cccc2c(Cl)nc(CC3CCCN3)n12. The van der Waals surface area contributed by atoms with Crippen molar-refractivity contribution in [2.45, 2.75) is 25.3 Å². The summed E-state index contributed by atoms with van der Waals surface area (Å²) in [7, 11) is 0. The van der Waals surface area contributed by atoms with Gasteiger partial charge in [-0.25, -0.2) is 4.98 Å². The molecule has 0 radical (unpaired) electrons. The molecular weight excluding hydrogens is 238 g/mol. The van der Waals surface area contributed by atoms with Crippen molar-refractivity contribution in [3.63, 3.8) is 0 Å². The summed E-state index contributed by atoms with van der Waals surface area (Å²) in [6.07, 6.45) is 3.15. The first-order valence-corrected chi connectivity index (χ1v) is 6.21. The number of rotatable bonds is 2. The van der Waals surface area contributed by atoms with E-state index in [-0.39, 0.29) is 5.88 Å². The lowest BCUT2D eigenvalue weighted by atomic mass is 10.1. The van der Waals surface area contributed by atoms with E-state index in [1.165, 1.54) is 6.42 Å². The maximum absolute atomic E-state index is 9.88. The minimum Gasteiger partial charge on any atom is -0.494 e. The third kappa shape index (κ3) is 1.87. The number of aromatic hydroxyl groups is 1. The third-order valence-electron chi connectivity index (χ3n) is 3.26. The Bertz CT molecular complexity index is 546. The van der Waals surface area contributed by atoms with Crippen molar-refractivity contribution < 1.29 is 5.11 Å². The van der Waals surface area contributed by atoms with Crippen LogP contribution >= 0.6 is 11.6 Å². The Morgan fingerprint density at radius 2 is 2.41 bits per heavy atom. The van der Waals surface area contributed by atoms with E-state index in [1.54, 1.807) is 16.5 Å². The van der Waals surface area contributed by atoms with Crippen molar-refractivity contribution in [2.24, 2.45) is 0 Å². The molecule has 1 fully saturated rings. The standard InChI is InChI=1S/C12H14ClN3O/c13-12-9-4-1-5-11(17)16(9)10(15-12)7-8-3-2-6-14-8/h1,4-5,8,14,17H,2-3,6-7H2. The number of aromatic nitrogens is 2. The molecule has 3 rings (SSSR count). The van der Waals surface area contributed by atoms with E-state index in [1.807, 2.05) is 6.07 Å². The second-order valence-corrected chi connectivity index (χ2v) is 4.78. The van der Waals surface area contributed by atoms with Gasteiger partial charge in [0.2, 0.25) is 0 Å². The van der Waals surface area contributed by atoms with E-state index < -0.39 is 0 Å². The van der Waals surface area contributed by atoms with Crippen molar-refractivity contribution in [2.75, 3.05) is 6.54 Å². The predicted octanol–water partition coefficient (Wildman–Crippen LogP) is 1.99. The molecule has 1 aliphatic heterocycles. The van der Waals surface area contributed by atoms with E-state index in [4.69, 9.17) is 11.6 Å². The summed E-state index contributed by atoms with van der Waals surface area (Å²) < 4.78 is 1.72. The van der Waals surface area contributed by atoms with Gasteiger partial charge in [-0.1, -0.05) is 17.7 Å². The van der Waals surface area contributed by atoms with Crippen LogP contribution in [0, 0.1) is 0 Å². The number of pyridine rings is 1. The van der Waals surface area contributed by atoms with Crippen LogP contribution in [0.25, 0.3) is 5.52 Å². The first-order valence-electron chi connectivity index (χ1n) is 5.84. The van der Waals surface area contributed by atoms with Crippen LogP contribution in [0.4, 0.5) is 0 Å². The Kier molecular flexibility index (Phi) is 2.68. The number of nitrogens with one attached hydrogen (secondary N) is 1. The van der Waals surface area contributed by atoms with Gasteiger partial charge in [0.15, 0.2) is 11.0 Å². The highest BCUT2D eigenvalue weighted by Crippen LogP contribution is 2.24. The highest BCUT2D eigenvalue weighted by molar-refractivity contribution is 6.32. The van der Waals surface area contributed by atoms with Crippen LogP contribution in [-0.2, 0) is 6.42 Å². The normalized spacial score (nSPS) is 20.2. The van der Waals surface area contributed by atoms with Crippen molar-refractivity contribution in [1.29, 1.82) is 0 Å². The van der Waals surface area contributed by atoms with Gasteiger partial charge in [-0.2, -0.15) is 0 Å². The zero-order valence-corrected chi connectivity index (χ0v) is 10.1. The number of imidazole rings is 1. The molecule has 1 unspecified atom stereocenters. The molecule has 0 bridgehead atoms. The van der Waals surface area contributed by atoms with Gasteiger partial charge < -0.3 is 10.4 Å². The summed E-state index contributed by atoms with van der Waals surface area (Å²) in [5.74, 6) is 1.01. The van der Waals surface area contributed by atoms with E-state index in [0.717, 1.165) is 30.7 Å². The van der Waals surface area contributed by atoms with Crippen LogP contribution in [0.15, 0.2) is 18.2 Å². The van der Waals surface area contributed by atoms with Gasteiger partial charge in [0.25, 0.3) is 0 Å². The van der Waals surface area contributed by atoms with Crippen molar-refractivity contribution in [3.8, 4) is 5.88 Å². The molecule has 0 aliphatic carbocycles. The van der Waals surface area contributed by atoms with Crippen LogP contribution < -0.4 is 5.32 Å². The maximum Gasteiger partial charge on any atom is 0.197 e. The van der Waals surface area contributed by atoms with Gasteiger partial charge >= 0.3 is 0 Å². The zero-order valence-electron chi connectivity index (χ0n) is 9.36. The molecule has 0 spiro atoms. The molecule has 0 amide bonds. The summed E-state index contributed by atoms with van der Waals surface area (Å²) in [5, 5.41) is 13.8. The van der Waals surface area contributed by atoms with Crippen LogP contribution in [0.5, 0.6) is 5.88 Å². The molecule has 3 heterocycles. The molecular formula is C12H14ClN3O. The van der Waals surface area contributed by atoms with Crippen LogP contribution in [-0.4, -0.2) is 27.1 Å². The van der Waals surface area contributed by atoms with Gasteiger partial charge in [-0.05, 0) is 31.5 Å². The van der Waals surface area contributed by atoms with Gasteiger partial charge in [-0.3, -0.25) is 4.40 Å². The molecule has 2 N–H and O–H groups in total. The minimum atomic E-state index is 0.190. The molecule has 2 aromatic heterocycles. The Morgan fingerprint density at radius 3 is 3.18 bits per heavy atom. The first kappa shape index (κ1) is 10.9. The molecule has 4 nitrogen and oxygen atoms in total. The number of nitrogens with zero attached hydrogens (tertiary/aromatic N) is 2. The summed E-state index contributed by atoms with van der Waals surface area (Å²) >= 11 is 6.07. The summed E-state index contributed by atoms with van der Waals surface area (Å²) in [6, 6.07) is 5.73. The van der Waals surface area contributed by atoms with Crippen LogP contribution in [0.2, 0.25) is 5.15 Å². The number of hydrogen-bond donors (Lipinski definition) is 2. The summed E-state index contributed by atoms with van der Waals surface area (Å²) in [5.41, 5.74) is 0.764. The number of fused-ring (bicyclic) bond motifs is 1. The lowest BCUT2D eigenvalue weighted by Gasteiger charge is -2.09. The molecule has 2 aromatic rings. The summed E-state index contributed by atoms with van der Waals surface area (Å²) in [6.45, 7) is 1.06. The van der Waals surface area contributed by atoms with Gasteiger partial charge in [0, 0.05) is 12.5 Å². The number of halogens is 1. The quantitative estimate of drug-likeness (QED) is 0.858. The fraction of sp³-hybridized carbons (Fsp3) is 0.417. The van der Waals surface area contributed by atoms with E-state index >= 15 is 0 Å². The Morgan fingerprint density at radius 1 is 1.53 bits per heavy atom. The van der Waals surface area contributed by atoms with Crippen LogP contribution in [0.3, 0.4) is 0 Å². The van der Waals surface area contributed by atoms with Crippen LogP contribution in [0.1, 0.15) is 18.7 Å². The molecule has 0 aromatic carbocycles. The fourth-order valence-electron chi connectivity index (χ4n) is 2.44. The second-order valence-electron chi connectivity index (χ2n) is 4.42. The van der Waals surface area contributed by atoms with Gasteiger partial charge in [-0.15, -0.1) is 0 Å². The lowest BCUT2D eigenvalue weighted by Crippen LogP contribution is -2.24. The molecule has 17 heavy (non-hydrogen) atoms. The average Bonchev–Trinajstić information content (AvgIpc) is 2.90. The molecule has 0 saturated carbocycles. The molecule has 1 saturated heterocycles. The first-order chi connectivity index (χ1) is 8.25. The van der Waals surface area contributed by atoms with Crippen molar-refractivity contribution in [3.05, 3.63) is 29.2 Å². The molecule has 5 heteroatoms. The molecule has 1 aliphatic rings. The van der Waals surface area contributed by atoms with Gasteiger partial charge in [0.1, 0.15) is 5.82 Å². The Balaban J connectivity index is 2.03. The highest BCUT2D eigenvalue weighted by Gasteiger charge is 2.19. The van der Waals surface area contributed by atoms with Crippen molar-refractivity contribution in [1.82, 2.24) is 14.7 Å². The van der Waals surface area contributed by atoms with E-state index in [9.17, 15) is 5.11 Å². The van der Waals surface area contributed by atoms with Gasteiger partial charge in [0.05, 0.1) is 5.52 Å². The molecule has 90 valence electrons. The predicted molar refractivity (Wildman–Crippen MR) is 66.6 cm³/mol.